The number of methoxy groups -OCH3 is 3. The van der Waals surface area contributed by atoms with Crippen molar-refractivity contribution in [1.82, 2.24) is 0 Å². The summed E-state index contributed by atoms with van der Waals surface area (Å²) in [7, 11) is 4.28. The van der Waals surface area contributed by atoms with Crippen molar-refractivity contribution in [3.63, 3.8) is 0 Å². The van der Waals surface area contributed by atoms with Crippen molar-refractivity contribution in [2.75, 3.05) is 21.3 Å². The molecular formula is C18H17NO6. The molecular weight excluding hydrogens is 326 g/mol. The SMILES string of the molecule is COc1cc(O)c2c(c1)N=C(c1ccc(O)c(OC)c1)C(OC)C2=O. The number of nitrogens with zero attached hydrogens (tertiary/aromatic N) is 1. The molecule has 0 amide bonds. The zero-order valence-corrected chi connectivity index (χ0v) is 13.9. The molecule has 25 heavy (non-hydrogen) atoms. The minimum Gasteiger partial charge on any atom is -0.507 e. The molecule has 0 radical (unpaired) electrons. The first-order chi connectivity index (χ1) is 12.0. The van der Waals surface area contributed by atoms with Gasteiger partial charge in [-0.05, 0) is 18.2 Å². The van der Waals surface area contributed by atoms with Crippen LogP contribution in [0.1, 0.15) is 15.9 Å². The summed E-state index contributed by atoms with van der Waals surface area (Å²) in [6, 6.07) is 7.55. The minimum absolute atomic E-state index is 0.0253. The van der Waals surface area contributed by atoms with Crippen molar-refractivity contribution in [1.29, 1.82) is 0 Å². The van der Waals surface area contributed by atoms with Gasteiger partial charge in [-0.3, -0.25) is 4.79 Å². The lowest BCUT2D eigenvalue weighted by Crippen LogP contribution is -2.35. The van der Waals surface area contributed by atoms with Crippen molar-refractivity contribution < 1.29 is 29.2 Å². The summed E-state index contributed by atoms with van der Waals surface area (Å²) in [5.41, 5.74) is 1.29. The Labute approximate surface area is 144 Å². The Hall–Kier alpha value is -3.06. The van der Waals surface area contributed by atoms with Crippen LogP contribution in [0.25, 0.3) is 0 Å². The second-order valence-corrected chi connectivity index (χ2v) is 5.40. The van der Waals surface area contributed by atoms with Gasteiger partial charge in [-0.15, -0.1) is 0 Å². The maximum atomic E-state index is 12.8. The van der Waals surface area contributed by atoms with E-state index in [9.17, 15) is 15.0 Å². The molecule has 7 heteroatoms. The number of carbonyl (C=O) groups excluding carboxylic acids is 1. The van der Waals surface area contributed by atoms with Gasteiger partial charge in [0.1, 0.15) is 11.5 Å². The lowest BCUT2D eigenvalue weighted by Gasteiger charge is -2.24. The quantitative estimate of drug-likeness (QED) is 0.885. The molecule has 0 fully saturated rings. The van der Waals surface area contributed by atoms with E-state index in [1.54, 1.807) is 18.2 Å². The van der Waals surface area contributed by atoms with Gasteiger partial charge in [0.15, 0.2) is 17.6 Å². The second kappa shape index (κ2) is 6.45. The summed E-state index contributed by atoms with van der Waals surface area (Å²) in [5, 5.41) is 19.9. The van der Waals surface area contributed by atoms with Gasteiger partial charge in [0.05, 0.1) is 31.2 Å². The lowest BCUT2D eigenvalue weighted by atomic mass is 9.92. The molecule has 3 rings (SSSR count). The lowest BCUT2D eigenvalue weighted by molar-refractivity contribution is 0.0751. The van der Waals surface area contributed by atoms with Gasteiger partial charge in [0.25, 0.3) is 0 Å². The highest BCUT2D eigenvalue weighted by atomic mass is 16.5. The molecule has 2 N–H and O–H groups in total. The van der Waals surface area contributed by atoms with E-state index in [1.807, 2.05) is 0 Å². The van der Waals surface area contributed by atoms with Crippen LogP contribution in [-0.2, 0) is 4.74 Å². The monoisotopic (exact) mass is 343 g/mol. The van der Waals surface area contributed by atoms with Crippen LogP contribution in [0.3, 0.4) is 0 Å². The van der Waals surface area contributed by atoms with Crippen LogP contribution in [0.2, 0.25) is 0 Å². The molecule has 2 aromatic rings. The summed E-state index contributed by atoms with van der Waals surface area (Å²) >= 11 is 0. The number of fused-ring (bicyclic) bond motifs is 1. The van der Waals surface area contributed by atoms with Crippen LogP contribution in [0, 0.1) is 0 Å². The van der Waals surface area contributed by atoms with Gasteiger partial charge in [0, 0.05) is 24.8 Å². The Balaban J connectivity index is 2.21. The van der Waals surface area contributed by atoms with E-state index in [0.717, 1.165) is 0 Å². The van der Waals surface area contributed by atoms with Gasteiger partial charge in [-0.2, -0.15) is 0 Å². The second-order valence-electron chi connectivity index (χ2n) is 5.40. The van der Waals surface area contributed by atoms with Crippen LogP contribution in [-0.4, -0.2) is 49.1 Å². The first-order valence-corrected chi connectivity index (χ1v) is 7.44. The largest absolute Gasteiger partial charge is 0.507 e. The third-order valence-electron chi connectivity index (χ3n) is 3.99. The normalized spacial score (nSPS) is 16.2. The summed E-state index contributed by atoms with van der Waals surface area (Å²) in [6.45, 7) is 0. The number of benzene rings is 2. The molecule has 1 heterocycles. The summed E-state index contributed by atoms with van der Waals surface area (Å²) in [6.07, 6.45) is -0.985. The van der Waals surface area contributed by atoms with Crippen molar-refractivity contribution in [2.45, 2.75) is 6.10 Å². The molecule has 1 unspecified atom stereocenters. The van der Waals surface area contributed by atoms with Crippen molar-refractivity contribution in [3.05, 3.63) is 41.5 Å². The number of phenols is 2. The highest BCUT2D eigenvalue weighted by Crippen LogP contribution is 2.39. The zero-order chi connectivity index (χ0) is 18.1. The number of ether oxygens (including phenoxy) is 3. The number of aliphatic imine (C=N–C) groups is 1. The topological polar surface area (TPSA) is 97.6 Å². The molecule has 0 aromatic heterocycles. The van der Waals surface area contributed by atoms with Crippen LogP contribution < -0.4 is 9.47 Å². The van der Waals surface area contributed by atoms with E-state index in [1.165, 1.54) is 33.5 Å². The molecule has 0 saturated heterocycles. The molecule has 1 aliphatic rings. The number of carbonyl (C=O) groups is 1. The maximum absolute atomic E-state index is 12.8. The fourth-order valence-electron chi connectivity index (χ4n) is 2.76. The molecule has 1 atom stereocenters. The van der Waals surface area contributed by atoms with Gasteiger partial charge in [-0.1, -0.05) is 0 Å². The van der Waals surface area contributed by atoms with E-state index < -0.39 is 11.9 Å². The summed E-state index contributed by atoms with van der Waals surface area (Å²) in [4.78, 5) is 17.3. The molecule has 0 aliphatic carbocycles. The number of aromatic hydroxyl groups is 2. The highest BCUT2D eigenvalue weighted by molar-refractivity contribution is 6.26. The van der Waals surface area contributed by atoms with Crippen molar-refractivity contribution in [2.24, 2.45) is 4.99 Å². The van der Waals surface area contributed by atoms with Gasteiger partial charge in [0.2, 0.25) is 5.78 Å². The minimum atomic E-state index is -0.985. The van der Waals surface area contributed by atoms with Gasteiger partial charge >= 0.3 is 0 Å². The molecule has 0 saturated carbocycles. The molecule has 1 aliphatic heterocycles. The number of hydrogen-bond donors (Lipinski definition) is 2. The smallest absolute Gasteiger partial charge is 0.203 e. The van der Waals surface area contributed by atoms with E-state index in [-0.39, 0.29) is 28.5 Å². The first kappa shape index (κ1) is 16.8. The number of rotatable bonds is 4. The molecule has 130 valence electrons. The Kier molecular flexibility index (Phi) is 4.33. The maximum Gasteiger partial charge on any atom is 0.203 e. The summed E-state index contributed by atoms with van der Waals surface area (Å²) < 4.78 is 15.5. The molecule has 0 bridgehead atoms. The molecule has 2 aromatic carbocycles. The van der Waals surface area contributed by atoms with E-state index >= 15 is 0 Å². The molecule has 7 nitrogen and oxygen atoms in total. The van der Waals surface area contributed by atoms with Crippen LogP contribution in [0.5, 0.6) is 23.0 Å². The number of ketones is 1. The average Bonchev–Trinajstić information content (AvgIpc) is 2.61. The van der Waals surface area contributed by atoms with Crippen LogP contribution in [0.4, 0.5) is 5.69 Å². The van der Waals surface area contributed by atoms with E-state index in [0.29, 0.717) is 17.0 Å². The van der Waals surface area contributed by atoms with Crippen LogP contribution in [0.15, 0.2) is 35.3 Å². The highest BCUT2D eigenvalue weighted by Gasteiger charge is 2.35. The van der Waals surface area contributed by atoms with Crippen LogP contribution >= 0.6 is 0 Å². The fraction of sp³-hybridized carbons (Fsp3) is 0.222. The Morgan fingerprint density at radius 3 is 2.40 bits per heavy atom. The van der Waals surface area contributed by atoms with Gasteiger partial charge < -0.3 is 24.4 Å². The standard InChI is InChI=1S/C18H17NO6/c1-23-10-7-11-15(13(21)8-10)17(22)18(25-3)16(19-11)9-4-5-12(20)14(6-9)24-2/h4-8,18,20-21H,1-3H3. The number of phenolic OH excluding ortho intramolecular Hbond substituents is 2. The van der Waals surface area contributed by atoms with Crippen molar-refractivity contribution in [3.8, 4) is 23.0 Å². The Morgan fingerprint density at radius 2 is 1.76 bits per heavy atom. The predicted octanol–water partition coefficient (Wildman–Crippen LogP) is 2.45. The Morgan fingerprint density at radius 1 is 1.00 bits per heavy atom. The zero-order valence-electron chi connectivity index (χ0n) is 13.9. The summed E-state index contributed by atoms with van der Waals surface area (Å²) in [5.74, 6) is -0.0158. The average molecular weight is 343 g/mol. The predicted molar refractivity (Wildman–Crippen MR) is 90.6 cm³/mol. The van der Waals surface area contributed by atoms with E-state index in [2.05, 4.69) is 4.99 Å². The molecule has 0 spiro atoms. The number of hydrogen-bond acceptors (Lipinski definition) is 7. The van der Waals surface area contributed by atoms with Gasteiger partial charge in [-0.25, -0.2) is 4.99 Å². The fourth-order valence-corrected chi connectivity index (χ4v) is 2.76. The van der Waals surface area contributed by atoms with E-state index in [4.69, 9.17) is 14.2 Å². The van der Waals surface area contributed by atoms with Crippen molar-refractivity contribution >= 4 is 17.2 Å². The third kappa shape index (κ3) is 2.78. The number of Topliss-reactive ketones (excluding diaryl/α,β-unsaturated/α-hetero) is 1. The Bertz CT molecular complexity index is 874. The first-order valence-electron chi connectivity index (χ1n) is 7.44. The third-order valence-corrected chi connectivity index (χ3v) is 3.99.